The van der Waals surface area contributed by atoms with Crippen LogP contribution in [0, 0.1) is 0 Å². The first kappa shape index (κ1) is 18.1. The van der Waals surface area contributed by atoms with Crippen molar-refractivity contribution >= 4 is 35.1 Å². The van der Waals surface area contributed by atoms with Crippen molar-refractivity contribution in [2.24, 2.45) is 0 Å². The fraction of sp³-hybridized carbons (Fsp3) is 0.176. The highest BCUT2D eigenvalue weighted by molar-refractivity contribution is 6.31. The maximum Gasteiger partial charge on any atom is 0.342 e. The van der Waals surface area contributed by atoms with Crippen LogP contribution in [0.4, 0.5) is 0 Å². The van der Waals surface area contributed by atoms with Crippen molar-refractivity contribution in [3.8, 4) is 5.75 Å². The van der Waals surface area contributed by atoms with Crippen LogP contribution in [0.5, 0.6) is 5.75 Å². The third-order valence-corrected chi connectivity index (χ3v) is 3.71. The molecule has 0 aliphatic carbocycles. The zero-order valence-corrected chi connectivity index (χ0v) is 14.3. The monoisotopic (exact) mass is 367 g/mol. The van der Waals surface area contributed by atoms with Crippen molar-refractivity contribution in [2.75, 3.05) is 6.61 Å². The number of hydrogen-bond acceptors (Lipinski definition) is 4. The Hall–Kier alpha value is -2.24. The smallest absolute Gasteiger partial charge is 0.342 e. The Morgan fingerprint density at radius 1 is 1.17 bits per heavy atom. The normalized spacial score (nSPS) is 11.6. The van der Waals surface area contributed by atoms with Gasteiger partial charge in [-0.15, -0.1) is 0 Å². The highest BCUT2D eigenvalue weighted by Crippen LogP contribution is 2.22. The summed E-state index contributed by atoms with van der Waals surface area (Å²) in [7, 11) is 0. The van der Waals surface area contributed by atoms with Gasteiger partial charge in [0.15, 0.2) is 6.61 Å². The zero-order valence-electron chi connectivity index (χ0n) is 12.8. The number of halogens is 2. The number of carbonyl (C=O) groups excluding carboxylic acids is 2. The van der Waals surface area contributed by atoms with E-state index >= 15 is 0 Å². The largest absolute Gasteiger partial charge is 0.507 e. The standard InChI is InChI=1S/C17H15Cl2NO4/c1-10(11-3-2-4-12(18)7-11)20-16(22)9-24-17(23)14-8-13(19)5-6-15(14)21/h2-8,10,21H,9H2,1H3,(H,20,22)/t10-/m0/s1. The van der Waals surface area contributed by atoms with Crippen molar-refractivity contribution < 1.29 is 19.4 Å². The van der Waals surface area contributed by atoms with Crippen LogP contribution in [0.2, 0.25) is 10.0 Å². The number of aromatic hydroxyl groups is 1. The molecule has 0 saturated carbocycles. The topological polar surface area (TPSA) is 75.6 Å². The molecule has 0 heterocycles. The lowest BCUT2D eigenvalue weighted by Crippen LogP contribution is -2.31. The lowest BCUT2D eigenvalue weighted by atomic mass is 10.1. The Morgan fingerprint density at radius 3 is 2.58 bits per heavy atom. The molecule has 2 rings (SSSR count). The summed E-state index contributed by atoms with van der Waals surface area (Å²) < 4.78 is 4.89. The Bertz CT molecular complexity index is 764. The summed E-state index contributed by atoms with van der Waals surface area (Å²) in [5.41, 5.74) is 0.729. The van der Waals surface area contributed by atoms with E-state index in [-0.39, 0.29) is 22.4 Å². The summed E-state index contributed by atoms with van der Waals surface area (Å²) in [5, 5.41) is 13.2. The second-order valence-electron chi connectivity index (χ2n) is 5.08. The van der Waals surface area contributed by atoms with Crippen LogP contribution in [0.25, 0.3) is 0 Å². The van der Waals surface area contributed by atoms with Gasteiger partial charge in [0.05, 0.1) is 6.04 Å². The Kier molecular flexibility index (Phi) is 6.06. The minimum absolute atomic E-state index is 0.0989. The van der Waals surface area contributed by atoms with E-state index in [1.165, 1.54) is 18.2 Å². The first-order valence-electron chi connectivity index (χ1n) is 7.07. The van der Waals surface area contributed by atoms with Crippen molar-refractivity contribution in [1.82, 2.24) is 5.32 Å². The Morgan fingerprint density at radius 2 is 1.88 bits per heavy atom. The van der Waals surface area contributed by atoms with Gasteiger partial charge in [-0.25, -0.2) is 4.79 Å². The number of phenolic OH excluding ortho intramolecular Hbond substituents is 1. The van der Waals surface area contributed by atoms with Crippen molar-refractivity contribution in [1.29, 1.82) is 0 Å². The van der Waals surface area contributed by atoms with Gasteiger partial charge in [0.1, 0.15) is 11.3 Å². The number of rotatable bonds is 5. The summed E-state index contributed by atoms with van der Waals surface area (Å²) in [6.07, 6.45) is 0. The van der Waals surface area contributed by atoms with Crippen molar-refractivity contribution in [2.45, 2.75) is 13.0 Å². The van der Waals surface area contributed by atoms with E-state index in [0.717, 1.165) is 5.56 Å². The molecule has 0 unspecified atom stereocenters. The summed E-state index contributed by atoms with van der Waals surface area (Å²) >= 11 is 11.7. The number of esters is 1. The average molecular weight is 368 g/mol. The fourth-order valence-corrected chi connectivity index (χ4v) is 2.39. The van der Waals surface area contributed by atoms with Gasteiger partial charge in [-0.3, -0.25) is 4.79 Å². The van der Waals surface area contributed by atoms with Gasteiger partial charge in [0.25, 0.3) is 5.91 Å². The van der Waals surface area contributed by atoms with E-state index in [4.69, 9.17) is 27.9 Å². The van der Waals surface area contributed by atoms with Crippen molar-refractivity contribution in [3.05, 3.63) is 63.6 Å². The third-order valence-electron chi connectivity index (χ3n) is 3.24. The summed E-state index contributed by atoms with van der Waals surface area (Å²) in [6.45, 7) is 1.31. The molecule has 0 fully saturated rings. The lowest BCUT2D eigenvalue weighted by Gasteiger charge is -2.14. The highest BCUT2D eigenvalue weighted by atomic mass is 35.5. The van der Waals surface area contributed by atoms with Crippen LogP contribution in [0.1, 0.15) is 28.9 Å². The first-order valence-corrected chi connectivity index (χ1v) is 7.83. The Labute approximate surface area is 149 Å². The van der Waals surface area contributed by atoms with E-state index in [1.807, 2.05) is 6.07 Å². The maximum atomic E-state index is 11.9. The molecule has 2 aromatic rings. The van der Waals surface area contributed by atoms with Crippen LogP contribution in [0.15, 0.2) is 42.5 Å². The van der Waals surface area contributed by atoms with E-state index < -0.39 is 18.5 Å². The van der Waals surface area contributed by atoms with E-state index in [2.05, 4.69) is 5.32 Å². The number of carbonyl (C=O) groups is 2. The first-order chi connectivity index (χ1) is 11.4. The van der Waals surface area contributed by atoms with Gasteiger partial charge >= 0.3 is 5.97 Å². The summed E-state index contributed by atoms with van der Waals surface area (Å²) in [4.78, 5) is 23.8. The van der Waals surface area contributed by atoms with Crippen LogP contribution in [-0.4, -0.2) is 23.6 Å². The zero-order chi connectivity index (χ0) is 17.7. The second-order valence-corrected chi connectivity index (χ2v) is 5.95. The number of benzene rings is 2. The quantitative estimate of drug-likeness (QED) is 0.789. The van der Waals surface area contributed by atoms with E-state index in [1.54, 1.807) is 25.1 Å². The number of hydrogen-bond donors (Lipinski definition) is 2. The molecule has 24 heavy (non-hydrogen) atoms. The molecule has 0 saturated heterocycles. The van der Waals surface area contributed by atoms with Gasteiger partial charge in [-0.2, -0.15) is 0 Å². The van der Waals surface area contributed by atoms with E-state index in [0.29, 0.717) is 5.02 Å². The molecular weight excluding hydrogens is 353 g/mol. The van der Waals surface area contributed by atoms with Crippen LogP contribution >= 0.6 is 23.2 Å². The average Bonchev–Trinajstić information content (AvgIpc) is 2.54. The van der Waals surface area contributed by atoms with Crippen LogP contribution in [0.3, 0.4) is 0 Å². The molecule has 0 aromatic heterocycles. The molecule has 0 spiro atoms. The summed E-state index contributed by atoms with van der Waals surface area (Å²) in [6, 6.07) is 10.8. The number of amides is 1. The van der Waals surface area contributed by atoms with Gasteiger partial charge in [-0.05, 0) is 42.8 Å². The second kappa shape index (κ2) is 8.04. The van der Waals surface area contributed by atoms with Gasteiger partial charge in [-0.1, -0.05) is 35.3 Å². The van der Waals surface area contributed by atoms with Gasteiger partial charge in [0, 0.05) is 10.0 Å². The molecule has 2 N–H and O–H groups in total. The third kappa shape index (κ3) is 4.88. The molecule has 126 valence electrons. The molecule has 0 bridgehead atoms. The minimum Gasteiger partial charge on any atom is -0.507 e. The molecule has 1 amide bonds. The Balaban J connectivity index is 1.91. The van der Waals surface area contributed by atoms with Gasteiger partial charge in [0.2, 0.25) is 0 Å². The minimum atomic E-state index is -0.833. The fourth-order valence-electron chi connectivity index (χ4n) is 2.02. The molecule has 7 heteroatoms. The van der Waals surface area contributed by atoms with Crippen LogP contribution < -0.4 is 5.32 Å². The predicted octanol–water partition coefficient (Wildman–Crippen LogP) is 3.73. The molecule has 5 nitrogen and oxygen atoms in total. The molecule has 0 aliphatic heterocycles. The molecule has 0 aliphatic rings. The van der Waals surface area contributed by atoms with E-state index in [9.17, 15) is 14.7 Å². The molecule has 0 radical (unpaired) electrons. The SMILES string of the molecule is C[C@H](NC(=O)COC(=O)c1cc(Cl)ccc1O)c1cccc(Cl)c1. The molecule has 2 aromatic carbocycles. The number of ether oxygens (including phenoxy) is 1. The molecule has 1 atom stereocenters. The van der Waals surface area contributed by atoms with Gasteiger partial charge < -0.3 is 15.2 Å². The lowest BCUT2D eigenvalue weighted by molar-refractivity contribution is -0.124. The molecular formula is C17H15Cl2NO4. The van der Waals surface area contributed by atoms with Crippen LogP contribution in [-0.2, 0) is 9.53 Å². The summed E-state index contributed by atoms with van der Waals surface area (Å²) in [5.74, 6) is -1.57. The number of phenols is 1. The maximum absolute atomic E-state index is 11.9. The van der Waals surface area contributed by atoms with Crippen molar-refractivity contribution in [3.63, 3.8) is 0 Å². The number of nitrogens with one attached hydrogen (secondary N) is 1. The highest BCUT2D eigenvalue weighted by Gasteiger charge is 2.16. The predicted molar refractivity (Wildman–Crippen MR) is 91.4 cm³/mol.